The first-order valence-electron chi connectivity index (χ1n) is 6.48. The molecule has 116 valence electrons. The van der Waals surface area contributed by atoms with Gasteiger partial charge in [-0.1, -0.05) is 0 Å². The van der Waals surface area contributed by atoms with E-state index in [0.29, 0.717) is 18.9 Å². The number of hydrogen-bond donors (Lipinski definition) is 2. The fourth-order valence-corrected chi connectivity index (χ4v) is 2.18. The van der Waals surface area contributed by atoms with Crippen molar-refractivity contribution in [2.75, 3.05) is 6.54 Å². The summed E-state index contributed by atoms with van der Waals surface area (Å²) in [5, 5.41) is 11.6. The average molecular weight is 305 g/mol. The molecule has 0 spiro atoms. The normalized spacial score (nSPS) is 18.2. The lowest BCUT2D eigenvalue weighted by Gasteiger charge is -2.19. The van der Waals surface area contributed by atoms with Gasteiger partial charge in [0.2, 0.25) is 5.91 Å². The number of carbonyl (C=O) groups excluding carboxylic acids is 1. The van der Waals surface area contributed by atoms with Crippen LogP contribution in [-0.4, -0.2) is 23.7 Å². The minimum atomic E-state index is -4.62. The van der Waals surface area contributed by atoms with Crippen LogP contribution in [0.3, 0.4) is 0 Å². The lowest BCUT2D eigenvalue weighted by atomic mass is 9.93. The molecule has 0 aromatic heterocycles. The zero-order valence-electron chi connectivity index (χ0n) is 11.3. The van der Waals surface area contributed by atoms with E-state index in [1.807, 2.05) is 0 Å². The van der Waals surface area contributed by atoms with Gasteiger partial charge >= 0.3 is 6.18 Å². The predicted molar refractivity (Wildman–Crippen MR) is 67.0 cm³/mol. The van der Waals surface area contributed by atoms with Crippen LogP contribution in [0.15, 0.2) is 18.2 Å². The summed E-state index contributed by atoms with van der Waals surface area (Å²) < 4.78 is 51.5. The highest BCUT2D eigenvalue weighted by molar-refractivity contribution is 5.80. The number of aliphatic hydroxyl groups is 1. The molecule has 1 saturated carbocycles. The van der Waals surface area contributed by atoms with Crippen molar-refractivity contribution in [3.63, 3.8) is 0 Å². The molecule has 2 N–H and O–H groups in total. The van der Waals surface area contributed by atoms with Crippen LogP contribution < -0.4 is 5.32 Å². The number of aliphatic hydroxyl groups excluding tert-OH is 1. The van der Waals surface area contributed by atoms with Gasteiger partial charge in [-0.15, -0.1) is 0 Å². The van der Waals surface area contributed by atoms with Crippen LogP contribution in [0, 0.1) is 5.82 Å². The van der Waals surface area contributed by atoms with Crippen LogP contribution in [-0.2, 0) is 16.4 Å². The van der Waals surface area contributed by atoms with E-state index < -0.39 is 35.0 Å². The van der Waals surface area contributed by atoms with E-state index in [9.17, 15) is 22.4 Å². The van der Waals surface area contributed by atoms with E-state index in [-0.39, 0.29) is 12.1 Å². The minimum absolute atomic E-state index is 0.0808. The standard InChI is InChI=1S/C14H15F4NO2/c1-8(20)12(21)19-7-13(2-3-13)9-4-10(14(16,17)18)6-11(15)5-9/h4-6,8,20H,2-3,7H2,1H3,(H,19,21)/t8-/m1/s1. The van der Waals surface area contributed by atoms with Gasteiger partial charge in [-0.2, -0.15) is 13.2 Å². The lowest BCUT2D eigenvalue weighted by molar-refractivity contribution is -0.137. The highest BCUT2D eigenvalue weighted by Crippen LogP contribution is 2.48. The van der Waals surface area contributed by atoms with Crippen molar-refractivity contribution >= 4 is 5.91 Å². The Bertz CT molecular complexity index is 550. The quantitative estimate of drug-likeness (QED) is 0.839. The number of hydrogen-bond acceptors (Lipinski definition) is 2. The zero-order valence-corrected chi connectivity index (χ0v) is 11.3. The smallest absolute Gasteiger partial charge is 0.384 e. The van der Waals surface area contributed by atoms with Gasteiger partial charge < -0.3 is 10.4 Å². The maximum Gasteiger partial charge on any atom is 0.416 e. The van der Waals surface area contributed by atoms with Crippen molar-refractivity contribution in [2.45, 2.75) is 37.5 Å². The van der Waals surface area contributed by atoms with Gasteiger partial charge in [-0.05, 0) is 43.5 Å². The zero-order chi connectivity index (χ0) is 15.8. The van der Waals surface area contributed by atoms with Gasteiger partial charge in [0.1, 0.15) is 11.9 Å². The molecule has 3 nitrogen and oxygen atoms in total. The third-order valence-corrected chi connectivity index (χ3v) is 3.67. The molecule has 7 heteroatoms. The van der Waals surface area contributed by atoms with Crippen LogP contribution in [0.2, 0.25) is 0 Å². The number of alkyl halides is 3. The Hall–Kier alpha value is -1.63. The monoisotopic (exact) mass is 305 g/mol. The maximum absolute atomic E-state index is 13.4. The Kier molecular flexibility index (Phi) is 3.97. The molecular formula is C14H15F4NO2. The fraction of sp³-hybridized carbons (Fsp3) is 0.500. The van der Waals surface area contributed by atoms with Gasteiger partial charge in [0.05, 0.1) is 5.56 Å². The van der Waals surface area contributed by atoms with Crippen LogP contribution in [0.5, 0.6) is 0 Å². The number of amides is 1. The topological polar surface area (TPSA) is 49.3 Å². The molecule has 0 aliphatic heterocycles. The summed E-state index contributed by atoms with van der Waals surface area (Å²) in [7, 11) is 0. The summed E-state index contributed by atoms with van der Waals surface area (Å²) in [5.74, 6) is -1.55. The Morgan fingerprint density at radius 2 is 2.00 bits per heavy atom. The maximum atomic E-state index is 13.4. The molecule has 1 amide bonds. The second kappa shape index (κ2) is 5.29. The van der Waals surface area contributed by atoms with Crippen LogP contribution in [0.4, 0.5) is 17.6 Å². The molecule has 1 aliphatic carbocycles. The largest absolute Gasteiger partial charge is 0.416 e. The van der Waals surface area contributed by atoms with Gasteiger partial charge in [0.15, 0.2) is 0 Å². The molecule has 0 heterocycles. The van der Waals surface area contributed by atoms with Crippen LogP contribution in [0.1, 0.15) is 30.9 Å². The van der Waals surface area contributed by atoms with E-state index in [0.717, 1.165) is 12.1 Å². The number of rotatable bonds is 4. The lowest BCUT2D eigenvalue weighted by Crippen LogP contribution is -2.37. The number of halogens is 4. The Labute approximate surface area is 119 Å². The minimum Gasteiger partial charge on any atom is -0.384 e. The van der Waals surface area contributed by atoms with Gasteiger partial charge in [-0.3, -0.25) is 4.79 Å². The molecule has 1 aliphatic rings. The highest BCUT2D eigenvalue weighted by atomic mass is 19.4. The summed E-state index contributed by atoms with van der Waals surface area (Å²) in [4.78, 5) is 11.3. The van der Waals surface area contributed by atoms with E-state index in [1.165, 1.54) is 6.92 Å². The Morgan fingerprint density at radius 3 is 2.48 bits per heavy atom. The van der Waals surface area contributed by atoms with Crippen molar-refractivity contribution in [2.24, 2.45) is 0 Å². The number of nitrogens with one attached hydrogen (secondary N) is 1. The summed E-state index contributed by atoms with van der Waals surface area (Å²) in [6, 6.07) is 2.44. The first-order valence-corrected chi connectivity index (χ1v) is 6.48. The Balaban J connectivity index is 2.21. The van der Waals surface area contributed by atoms with Crippen molar-refractivity contribution in [3.8, 4) is 0 Å². The molecule has 0 bridgehead atoms. The van der Waals surface area contributed by atoms with Gasteiger partial charge in [-0.25, -0.2) is 4.39 Å². The van der Waals surface area contributed by atoms with E-state index >= 15 is 0 Å². The summed E-state index contributed by atoms with van der Waals surface area (Å²) in [5.41, 5.74) is -1.49. The molecule has 1 fully saturated rings. The van der Waals surface area contributed by atoms with Crippen molar-refractivity contribution in [3.05, 3.63) is 35.1 Å². The molecule has 0 unspecified atom stereocenters. The van der Waals surface area contributed by atoms with E-state index in [4.69, 9.17) is 5.11 Å². The van der Waals surface area contributed by atoms with Crippen molar-refractivity contribution in [1.29, 1.82) is 0 Å². The van der Waals surface area contributed by atoms with Crippen molar-refractivity contribution in [1.82, 2.24) is 5.32 Å². The first-order chi connectivity index (χ1) is 9.64. The molecule has 1 aromatic carbocycles. The van der Waals surface area contributed by atoms with Gasteiger partial charge in [0, 0.05) is 12.0 Å². The molecular weight excluding hydrogens is 290 g/mol. The van der Waals surface area contributed by atoms with Crippen LogP contribution in [0.25, 0.3) is 0 Å². The molecule has 1 atom stereocenters. The second-order valence-corrected chi connectivity index (χ2v) is 5.40. The number of benzene rings is 1. The van der Waals surface area contributed by atoms with Crippen LogP contribution >= 0.6 is 0 Å². The Morgan fingerprint density at radius 1 is 1.38 bits per heavy atom. The molecule has 21 heavy (non-hydrogen) atoms. The summed E-state index contributed by atoms with van der Waals surface area (Å²) >= 11 is 0. The molecule has 2 rings (SSSR count). The van der Waals surface area contributed by atoms with Gasteiger partial charge in [0.25, 0.3) is 0 Å². The highest BCUT2D eigenvalue weighted by Gasteiger charge is 2.46. The molecule has 1 aromatic rings. The average Bonchev–Trinajstić information content (AvgIpc) is 3.15. The van der Waals surface area contributed by atoms with Crippen molar-refractivity contribution < 1.29 is 27.5 Å². The SMILES string of the molecule is C[C@@H](O)C(=O)NCC1(c2cc(F)cc(C(F)(F)F)c2)CC1. The van der Waals surface area contributed by atoms with E-state index in [2.05, 4.69) is 5.32 Å². The third kappa shape index (κ3) is 3.53. The second-order valence-electron chi connectivity index (χ2n) is 5.40. The molecule has 0 saturated heterocycles. The fourth-order valence-electron chi connectivity index (χ4n) is 2.18. The van der Waals surface area contributed by atoms with E-state index in [1.54, 1.807) is 0 Å². The molecule has 0 radical (unpaired) electrons. The number of carbonyl (C=O) groups is 1. The summed E-state index contributed by atoms with van der Waals surface area (Å²) in [6.45, 7) is 1.37. The predicted octanol–water partition coefficient (Wildman–Crippen LogP) is 2.37. The first kappa shape index (κ1) is 15.8. The summed E-state index contributed by atoms with van der Waals surface area (Å²) in [6.07, 6.45) is -4.68. The third-order valence-electron chi connectivity index (χ3n) is 3.67.